The summed E-state index contributed by atoms with van der Waals surface area (Å²) < 4.78 is 30.3. The van der Waals surface area contributed by atoms with Crippen LogP contribution in [0, 0.1) is 0 Å². The first-order valence-electron chi connectivity index (χ1n) is 4.75. The molecule has 84 valence electrons. The largest absolute Gasteiger partial charge is 0.320 e. The first kappa shape index (κ1) is 12.2. The summed E-state index contributed by atoms with van der Waals surface area (Å²) in [7, 11) is -2.17. The van der Waals surface area contributed by atoms with Crippen LogP contribution in [0.15, 0.2) is 29.2 Å². The van der Waals surface area contributed by atoms with Gasteiger partial charge in [-0.25, -0.2) is 0 Å². The van der Waals surface area contributed by atoms with E-state index in [1.54, 1.807) is 12.1 Å². The number of hydrogen-bond acceptors (Lipinski definition) is 3. The van der Waals surface area contributed by atoms with Crippen LogP contribution < -0.4 is 5.32 Å². The predicted octanol–water partition coefficient (Wildman–Crippen LogP) is 1.09. The summed E-state index contributed by atoms with van der Waals surface area (Å²) in [6, 6.07) is 6.28. The van der Waals surface area contributed by atoms with Crippen LogP contribution in [0.4, 0.5) is 0 Å². The van der Waals surface area contributed by atoms with Gasteiger partial charge in [-0.3, -0.25) is 4.55 Å². The van der Waals surface area contributed by atoms with Crippen molar-refractivity contribution < 1.29 is 13.0 Å². The maximum atomic E-state index is 10.8. The van der Waals surface area contributed by atoms with Gasteiger partial charge >= 0.3 is 0 Å². The quantitative estimate of drug-likeness (QED) is 0.586. The number of rotatable bonds is 5. The Bertz CT molecular complexity index is 397. The Labute approximate surface area is 90.1 Å². The molecule has 0 radical (unpaired) electrons. The Hall–Kier alpha value is -0.910. The molecule has 0 fully saturated rings. The van der Waals surface area contributed by atoms with Gasteiger partial charge in [0.15, 0.2) is 0 Å². The average molecular weight is 229 g/mol. The molecule has 5 heteroatoms. The molecule has 0 saturated heterocycles. The molecule has 0 amide bonds. The molecule has 0 unspecified atom stereocenters. The fourth-order valence-corrected chi connectivity index (χ4v) is 1.78. The molecule has 1 aromatic carbocycles. The van der Waals surface area contributed by atoms with Gasteiger partial charge in [-0.15, -0.1) is 0 Å². The van der Waals surface area contributed by atoms with Gasteiger partial charge in [0.05, 0.1) is 4.90 Å². The van der Waals surface area contributed by atoms with Gasteiger partial charge < -0.3 is 5.32 Å². The number of hydrogen-bond donors (Lipinski definition) is 2. The Morgan fingerprint density at radius 3 is 2.33 bits per heavy atom. The predicted molar refractivity (Wildman–Crippen MR) is 58.5 cm³/mol. The Balaban J connectivity index is 2.65. The SMILES string of the molecule is CNCCCc1ccc(S(=O)(=O)O)cc1. The van der Waals surface area contributed by atoms with E-state index >= 15 is 0 Å². The number of nitrogens with one attached hydrogen (secondary N) is 1. The van der Waals surface area contributed by atoms with E-state index in [1.165, 1.54) is 12.1 Å². The highest BCUT2D eigenvalue weighted by atomic mass is 32.2. The first-order chi connectivity index (χ1) is 7.04. The van der Waals surface area contributed by atoms with Crippen molar-refractivity contribution in [3.8, 4) is 0 Å². The molecule has 0 bridgehead atoms. The standard InChI is InChI=1S/C10H15NO3S/c1-11-8-2-3-9-4-6-10(7-5-9)15(12,13)14/h4-7,11H,2-3,8H2,1H3,(H,12,13,14). The summed E-state index contributed by atoms with van der Waals surface area (Å²) in [5.41, 5.74) is 1.07. The molecule has 1 rings (SSSR count). The minimum atomic E-state index is -4.06. The topological polar surface area (TPSA) is 66.4 Å². The second-order valence-corrected chi connectivity index (χ2v) is 4.75. The lowest BCUT2D eigenvalue weighted by molar-refractivity contribution is 0.483. The second-order valence-electron chi connectivity index (χ2n) is 3.33. The molecule has 0 aliphatic heterocycles. The van der Waals surface area contributed by atoms with Crippen molar-refractivity contribution in [3.05, 3.63) is 29.8 Å². The minimum absolute atomic E-state index is 0.0557. The lowest BCUT2D eigenvalue weighted by Gasteiger charge is -2.02. The fraction of sp³-hybridized carbons (Fsp3) is 0.400. The summed E-state index contributed by atoms with van der Waals surface area (Å²) in [4.78, 5) is -0.0557. The van der Waals surface area contributed by atoms with Crippen molar-refractivity contribution in [2.45, 2.75) is 17.7 Å². The van der Waals surface area contributed by atoms with Crippen molar-refractivity contribution in [3.63, 3.8) is 0 Å². The summed E-state index contributed by atoms with van der Waals surface area (Å²) in [6.45, 7) is 0.931. The second kappa shape index (κ2) is 5.25. The third-order valence-corrected chi connectivity index (χ3v) is 2.98. The zero-order valence-corrected chi connectivity index (χ0v) is 9.42. The molecule has 2 N–H and O–H groups in total. The van der Waals surface area contributed by atoms with Gasteiger partial charge in [0.2, 0.25) is 0 Å². The zero-order valence-electron chi connectivity index (χ0n) is 8.60. The Kier molecular flexibility index (Phi) is 4.26. The average Bonchev–Trinajstić information content (AvgIpc) is 2.18. The van der Waals surface area contributed by atoms with Crippen LogP contribution >= 0.6 is 0 Å². The van der Waals surface area contributed by atoms with E-state index in [2.05, 4.69) is 5.32 Å². The van der Waals surface area contributed by atoms with Crippen LogP contribution in [0.25, 0.3) is 0 Å². The normalized spacial score (nSPS) is 11.6. The van der Waals surface area contributed by atoms with E-state index in [0.717, 1.165) is 24.9 Å². The fourth-order valence-electron chi connectivity index (χ4n) is 1.30. The van der Waals surface area contributed by atoms with Gasteiger partial charge in [0.25, 0.3) is 10.1 Å². The van der Waals surface area contributed by atoms with Gasteiger partial charge in [0, 0.05) is 0 Å². The molecule has 0 aromatic heterocycles. The smallest absolute Gasteiger partial charge is 0.294 e. The maximum absolute atomic E-state index is 10.8. The number of benzene rings is 1. The molecule has 0 atom stereocenters. The summed E-state index contributed by atoms with van der Waals surface area (Å²) >= 11 is 0. The highest BCUT2D eigenvalue weighted by Crippen LogP contribution is 2.11. The third-order valence-electron chi connectivity index (χ3n) is 2.11. The molecule has 0 spiro atoms. The summed E-state index contributed by atoms with van der Waals surface area (Å²) in [5, 5.41) is 3.04. The van der Waals surface area contributed by atoms with E-state index in [-0.39, 0.29) is 4.90 Å². The summed E-state index contributed by atoms with van der Waals surface area (Å²) in [6.07, 6.45) is 1.90. The molecule has 0 aliphatic carbocycles. The Morgan fingerprint density at radius 1 is 1.27 bits per heavy atom. The highest BCUT2D eigenvalue weighted by Gasteiger charge is 2.07. The van der Waals surface area contributed by atoms with Crippen LogP contribution in [-0.2, 0) is 16.5 Å². The molecule has 1 aromatic rings. The van der Waals surface area contributed by atoms with Crippen LogP contribution in [-0.4, -0.2) is 26.6 Å². The lowest BCUT2D eigenvalue weighted by Crippen LogP contribution is -2.08. The zero-order chi connectivity index (χ0) is 11.3. The molecule has 4 nitrogen and oxygen atoms in total. The van der Waals surface area contributed by atoms with Crippen LogP contribution in [0.5, 0.6) is 0 Å². The molecule has 0 heterocycles. The minimum Gasteiger partial charge on any atom is -0.320 e. The first-order valence-corrected chi connectivity index (χ1v) is 6.19. The van der Waals surface area contributed by atoms with Crippen molar-refractivity contribution >= 4 is 10.1 Å². The van der Waals surface area contributed by atoms with Crippen LogP contribution in [0.3, 0.4) is 0 Å². The molecule has 15 heavy (non-hydrogen) atoms. The molecule has 0 aliphatic rings. The third kappa shape index (κ3) is 3.99. The Morgan fingerprint density at radius 2 is 1.87 bits per heavy atom. The van der Waals surface area contributed by atoms with Crippen LogP contribution in [0.1, 0.15) is 12.0 Å². The van der Waals surface area contributed by atoms with E-state index in [0.29, 0.717) is 0 Å². The van der Waals surface area contributed by atoms with E-state index < -0.39 is 10.1 Å². The molecular weight excluding hydrogens is 214 g/mol. The monoisotopic (exact) mass is 229 g/mol. The van der Waals surface area contributed by atoms with Crippen molar-refractivity contribution in [1.82, 2.24) is 5.32 Å². The van der Waals surface area contributed by atoms with Crippen molar-refractivity contribution in [2.24, 2.45) is 0 Å². The number of aryl methyl sites for hydroxylation is 1. The van der Waals surface area contributed by atoms with E-state index in [1.807, 2.05) is 7.05 Å². The van der Waals surface area contributed by atoms with Crippen molar-refractivity contribution in [1.29, 1.82) is 0 Å². The van der Waals surface area contributed by atoms with E-state index in [4.69, 9.17) is 4.55 Å². The lowest BCUT2D eigenvalue weighted by atomic mass is 10.1. The molecular formula is C10H15NO3S. The van der Waals surface area contributed by atoms with Gasteiger partial charge in [-0.05, 0) is 44.1 Å². The maximum Gasteiger partial charge on any atom is 0.294 e. The molecule has 0 saturated carbocycles. The van der Waals surface area contributed by atoms with Gasteiger partial charge in [0.1, 0.15) is 0 Å². The highest BCUT2D eigenvalue weighted by molar-refractivity contribution is 7.85. The van der Waals surface area contributed by atoms with Gasteiger partial charge in [-0.1, -0.05) is 12.1 Å². The van der Waals surface area contributed by atoms with Crippen LogP contribution in [0.2, 0.25) is 0 Å². The van der Waals surface area contributed by atoms with Gasteiger partial charge in [-0.2, -0.15) is 8.42 Å². The van der Waals surface area contributed by atoms with Crippen molar-refractivity contribution in [2.75, 3.05) is 13.6 Å². The summed E-state index contributed by atoms with van der Waals surface area (Å²) in [5.74, 6) is 0. The van der Waals surface area contributed by atoms with E-state index in [9.17, 15) is 8.42 Å².